The fourth-order valence-corrected chi connectivity index (χ4v) is 11.6. The van der Waals surface area contributed by atoms with Crippen LogP contribution < -0.4 is 4.90 Å². The van der Waals surface area contributed by atoms with Gasteiger partial charge in [-0.05, 0) is 98.1 Å². The zero-order valence-corrected chi connectivity index (χ0v) is 35.1. The van der Waals surface area contributed by atoms with Gasteiger partial charge in [0, 0.05) is 16.5 Å². The fraction of sp³-hybridized carbons (Fsp3) is 0.0323. The van der Waals surface area contributed by atoms with Crippen LogP contribution in [-0.4, -0.2) is 4.57 Å². The predicted molar refractivity (Wildman–Crippen MR) is 265 cm³/mol. The summed E-state index contributed by atoms with van der Waals surface area (Å²) < 4.78 is 2.52. The van der Waals surface area contributed by atoms with Crippen molar-refractivity contribution in [1.29, 1.82) is 0 Å². The second kappa shape index (κ2) is 14.2. The van der Waals surface area contributed by atoms with Crippen LogP contribution in [0.2, 0.25) is 0 Å². The highest BCUT2D eigenvalue weighted by Crippen LogP contribution is 2.58. The average Bonchev–Trinajstić information content (AvgIpc) is 3.71. The first-order chi connectivity index (χ1) is 31.8. The Labute approximate surface area is 373 Å². The molecule has 2 nitrogen and oxygen atoms in total. The van der Waals surface area contributed by atoms with Gasteiger partial charge in [-0.3, -0.25) is 0 Å². The minimum Gasteiger partial charge on any atom is -0.310 e. The summed E-state index contributed by atoms with van der Waals surface area (Å²) in [4.78, 5) is 2.45. The molecule has 13 rings (SSSR count). The summed E-state index contributed by atoms with van der Waals surface area (Å²) in [6.07, 6.45) is 0. The summed E-state index contributed by atoms with van der Waals surface area (Å²) in [7, 11) is 0. The number of rotatable bonds is 6. The first-order valence-electron chi connectivity index (χ1n) is 22.3. The molecule has 2 aliphatic heterocycles. The Balaban J connectivity index is 0.969. The van der Waals surface area contributed by atoms with Crippen molar-refractivity contribution in [3.8, 4) is 16.8 Å². The second-order valence-electron chi connectivity index (χ2n) is 17.2. The Hall–Kier alpha value is -8.20. The van der Waals surface area contributed by atoms with Gasteiger partial charge in [0.2, 0.25) is 0 Å². The maximum atomic E-state index is 2.52. The van der Waals surface area contributed by atoms with Gasteiger partial charge in [-0.1, -0.05) is 212 Å². The van der Waals surface area contributed by atoms with E-state index in [1.165, 1.54) is 94.5 Å². The van der Waals surface area contributed by atoms with Gasteiger partial charge in [-0.15, -0.1) is 0 Å². The van der Waals surface area contributed by atoms with Crippen LogP contribution in [0.4, 0.5) is 17.1 Å². The minimum atomic E-state index is -0.496. The zero-order chi connectivity index (χ0) is 42.2. The monoisotopic (exact) mass is 814 g/mol. The van der Waals surface area contributed by atoms with E-state index in [1.807, 2.05) is 0 Å². The summed E-state index contributed by atoms with van der Waals surface area (Å²) in [5, 5.41) is 2.51. The van der Waals surface area contributed by atoms with E-state index in [-0.39, 0.29) is 0 Å². The molecule has 3 heterocycles. The maximum Gasteiger partial charge on any atom is 0.0742 e. The molecule has 0 saturated heterocycles. The quantitative estimate of drug-likeness (QED) is 0.162. The largest absolute Gasteiger partial charge is 0.310 e. The van der Waals surface area contributed by atoms with Gasteiger partial charge in [-0.25, -0.2) is 0 Å². The molecular formula is C62H42N2. The van der Waals surface area contributed by atoms with E-state index in [1.54, 1.807) is 0 Å². The van der Waals surface area contributed by atoms with E-state index in [0.29, 0.717) is 0 Å². The van der Waals surface area contributed by atoms with Crippen LogP contribution >= 0.6 is 0 Å². The molecule has 0 amide bonds. The molecule has 2 heteroatoms. The highest BCUT2D eigenvalue weighted by molar-refractivity contribution is 6.13. The SMILES string of the molecule is c1ccc(C2(c3ccccc3)c3ccccc3N(c3ccc(-c4ccc5c(c4)c4cccc6c4n5-c4ccccc4C6(c4ccccc4)c4ccccc4)cc3)c3ccccc32)cc1. The molecule has 0 atom stereocenters. The molecule has 0 saturated carbocycles. The van der Waals surface area contributed by atoms with Gasteiger partial charge in [0.25, 0.3) is 0 Å². The first-order valence-corrected chi connectivity index (χ1v) is 22.3. The predicted octanol–water partition coefficient (Wildman–Crippen LogP) is 15.3. The molecule has 0 spiro atoms. The Kier molecular flexibility index (Phi) is 8.07. The molecule has 11 aromatic rings. The number of nitrogens with zero attached hydrogens (tertiary/aromatic N) is 2. The van der Waals surface area contributed by atoms with Crippen LogP contribution in [0, 0.1) is 0 Å². The number of anilines is 3. The van der Waals surface area contributed by atoms with Crippen molar-refractivity contribution in [1.82, 2.24) is 4.57 Å². The molecule has 0 aliphatic carbocycles. The first kappa shape index (κ1) is 36.5. The third kappa shape index (κ3) is 4.97. The number of hydrogen-bond acceptors (Lipinski definition) is 1. The molecule has 10 aromatic carbocycles. The lowest BCUT2D eigenvalue weighted by atomic mass is 9.62. The third-order valence-electron chi connectivity index (χ3n) is 14.1. The maximum absolute atomic E-state index is 2.52. The highest BCUT2D eigenvalue weighted by atomic mass is 15.2. The van der Waals surface area contributed by atoms with E-state index in [4.69, 9.17) is 0 Å². The van der Waals surface area contributed by atoms with Gasteiger partial charge in [0.05, 0.1) is 38.9 Å². The van der Waals surface area contributed by atoms with Crippen LogP contribution in [0.3, 0.4) is 0 Å². The van der Waals surface area contributed by atoms with Crippen LogP contribution in [0.25, 0.3) is 38.6 Å². The normalized spacial score (nSPS) is 14.2. The number of fused-ring (bicyclic) bond motifs is 7. The molecule has 64 heavy (non-hydrogen) atoms. The van der Waals surface area contributed by atoms with Crippen molar-refractivity contribution >= 4 is 38.9 Å². The van der Waals surface area contributed by atoms with Crippen molar-refractivity contribution in [2.75, 3.05) is 4.90 Å². The highest BCUT2D eigenvalue weighted by Gasteiger charge is 2.47. The Morgan fingerprint density at radius 2 is 0.688 bits per heavy atom. The average molecular weight is 815 g/mol. The van der Waals surface area contributed by atoms with E-state index in [2.05, 4.69) is 264 Å². The summed E-state index contributed by atoms with van der Waals surface area (Å²) in [5.74, 6) is 0. The minimum absolute atomic E-state index is 0.491. The summed E-state index contributed by atoms with van der Waals surface area (Å²) in [6.45, 7) is 0. The molecule has 0 N–H and O–H groups in total. The van der Waals surface area contributed by atoms with Crippen LogP contribution in [0.15, 0.2) is 255 Å². The Morgan fingerprint density at radius 1 is 0.281 bits per heavy atom. The summed E-state index contributed by atoms with van der Waals surface area (Å²) in [6, 6.07) is 94.3. The van der Waals surface area contributed by atoms with E-state index in [0.717, 1.165) is 5.69 Å². The van der Waals surface area contributed by atoms with Gasteiger partial charge in [0.15, 0.2) is 0 Å². The van der Waals surface area contributed by atoms with Gasteiger partial charge in [-0.2, -0.15) is 0 Å². The van der Waals surface area contributed by atoms with E-state index >= 15 is 0 Å². The van der Waals surface area contributed by atoms with Crippen molar-refractivity contribution in [3.05, 3.63) is 299 Å². The van der Waals surface area contributed by atoms with Gasteiger partial charge < -0.3 is 9.47 Å². The topological polar surface area (TPSA) is 8.17 Å². The summed E-state index contributed by atoms with van der Waals surface area (Å²) >= 11 is 0. The van der Waals surface area contributed by atoms with Crippen LogP contribution in [0.5, 0.6) is 0 Å². The lowest BCUT2D eigenvalue weighted by molar-refractivity contribution is 0.728. The Bertz CT molecular complexity index is 3410. The molecular weight excluding hydrogens is 773 g/mol. The lowest BCUT2D eigenvalue weighted by Crippen LogP contribution is -2.37. The van der Waals surface area contributed by atoms with Crippen molar-refractivity contribution in [2.24, 2.45) is 0 Å². The Morgan fingerprint density at radius 3 is 1.20 bits per heavy atom. The van der Waals surface area contributed by atoms with Gasteiger partial charge >= 0.3 is 0 Å². The molecule has 300 valence electrons. The zero-order valence-electron chi connectivity index (χ0n) is 35.1. The van der Waals surface area contributed by atoms with Crippen LogP contribution in [-0.2, 0) is 10.8 Å². The summed E-state index contributed by atoms with van der Waals surface area (Å²) in [5.41, 5.74) is 18.7. The van der Waals surface area contributed by atoms with Crippen molar-refractivity contribution < 1.29 is 0 Å². The standard InChI is InChI=1S/C62H42N2/c1-5-20-45(21-6-1)61(46-22-7-2-8-23-46)52-29-13-16-33-57(52)63(58-34-17-14-30-53(58)61)49-39-36-43(37-40-49)44-38-41-56-51(42-44)50-28-19-32-55-60(50)64(56)59-35-18-15-31-54(59)62(55,47-24-9-3-10-25-47)48-26-11-4-12-27-48/h1-42H. The van der Waals surface area contributed by atoms with Crippen LogP contribution in [0.1, 0.15) is 44.5 Å². The molecule has 0 fully saturated rings. The molecule has 0 bridgehead atoms. The molecule has 2 aliphatic rings. The number of benzene rings is 10. The third-order valence-corrected chi connectivity index (χ3v) is 14.1. The lowest BCUT2D eigenvalue weighted by Gasteiger charge is -2.46. The molecule has 0 radical (unpaired) electrons. The second-order valence-corrected chi connectivity index (χ2v) is 17.2. The van der Waals surface area contributed by atoms with E-state index < -0.39 is 10.8 Å². The molecule has 0 unspecified atom stereocenters. The van der Waals surface area contributed by atoms with Crippen molar-refractivity contribution in [2.45, 2.75) is 10.8 Å². The van der Waals surface area contributed by atoms with E-state index in [9.17, 15) is 0 Å². The number of para-hydroxylation sites is 4. The fourth-order valence-electron chi connectivity index (χ4n) is 11.6. The van der Waals surface area contributed by atoms with Crippen molar-refractivity contribution in [3.63, 3.8) is 0 Å². The number of aromatic nitrogens is 1. The van der Waals surface area contributed by atoms with Gasteiger partial charge in [0.1, 0.15) is 0 Å². The molecule has 1 aromatic heterocycles. The number of hydrogen-bond donors (Lipinski definition) is 0. The smallest absolute Gasteiger partial charge is 0.0742 e.